The van der Waals surface area contributed by atoms with Gasteiger partial charge in [-0.1, -0.05) is 29.8 Å². The van der Waals surface area contributed by atoms with E-state index in [1.165, 1.54) is 18.2 Å². The molecule has 1 saturated heterocycles. The summed E-state index contributed by atoms with van der Waals surface area (Å²) in [6.07, 6.45) is 3.08. The molecule has 1 aliphatic heterocycles. The third-order valence-electron chi connectivity index (χ3n) is 4.09. The van der Waals surface area contributed by atoms with Crippen molar-refractivity contribution in [3.8, 4) is 11.5 Å². The summed E-state index contributed by atoms with van der Waals surface area (Å²) in [5.41, 5.74) is 1.24. The fourth-order valence-electron chi connectivity index (χ4n) is 2.79. The summed E-state index contributed by atoms with van der Waals surface area (Å²) >= 11 is 7.26. The molecule has 0 atom stereocenters. The van der Waals surface area contributed by atoms with E-state index in [0.29, 0.717) is 29.2 Å². The molecule has 5 nitrogen and oxygen atoms in total. The Labute approximate surface area is 183 Å². The fourth-order valence-corrected chi connectivity index (χ4v) is 3.92. The average molecular weight is 448 g/mol. The molecule has 8 heteroatoms. The SMILES string of the molecule is C=CCN1C(=O)S/C(=C/c2cc(Cl)c(OCc3cccc(F)c3)c(OCC)c2)C1=O. The molecule has 3 rings (SSSR count). The number of ether oxygens (including phenoxy) is 2. The number of benzene rings is 2. The average Bonchev–Trinajstić information content (AvgIpc) is 2.95. The summed E-state index contributed by atoms with van der Waals surface area (Å²) in [7, 11) is 0. The van der Waals surface area contributed by atoms with E-state index in [1.807, 2.05) is 6.92 Å². The summed E-state index contributed by atoms with van der Waals surface area (Å²) in [5.74, 6) is -0.0314. The molecule has 0 aromatic heterocycles. The Balaban J connectivity index is 1.87. The second-order valence-electron chi connectivity index (χ2n) is 6.26. The van der Waals surface area contributed by atoms with Gasteiger partial charge < -0.3 is 9.47 Å². The van der Waals surface area contributed by atoms with Crippen LogP contribution in [0.15, 0.2) is 54.0 Å². The normalized spacial score (nSPS) is 15.0. The topological polar surface area (TPSA) is 55.8 Å². The van der Waals surface area contributed by atoms with Crippen molar-refractivity contribution in [3.63, 3.8) is 0 Å². The minimum atomic E-state index is -0.384. The van der Waals surface area contributed by atoms with Crippen LogP contribution in [0.25, 0.3) is 6.08 Å². The van der Waals surface area contributed by atoms with Crippen LogP contribution in [0.1, 0.15) is 18.1 Å². The van der Waals surface area contributed by atoms with Crippen molar-refractivity contribution < 1.29 is 23.5 Å². The van der Waals surface area contributed by atoms with E-state index in [-0.39, 0.29) is 40.0 Å². The van der Waals surface area contributed by atoms with Gasteiger partial charge in [0.2, 0.25) is 0 Å². The molecule has 1 fully saturated rings. The Kier molecular flexibility index (Phi) is 7.18. The second-order valence-corrected chi connectivity index (χ2v) is 7.66. The fraction of sp³-hybridized carbons (Fsp3) is 0.182. The number of carbonyl (C=O) groups excluding carboxylic acids is 2. The zero-order valence-corrected chi connectivity index (χ0v) is 17.8. The summed E-state index contributed by atoms with van der Waals surface area (Å²) in [4.78, 5) is 25.8. The largest absolute Gasteiger partial charge is 0.490 e. The van der Waals surface area contributed by atoms with E-state index < -0.39 is 0 Å². The molecule has 156 valence electrons. The lowest BCUT2D eigenvalue weighted by molar-refractivity contribution is -0.122. The number of thioether (sulfide) groups is 1. The highest BCUT2D eigenvalue weighted by atomic mass is 35.5. The molecule has 2 aromatic carbocycles. The Morgan fingerprint density at radius 3 is 2.73 bits per heavy atom. The lowest BCUT2D eigenvalue weighted by Gasteiger charge is -2.15. The summed E-state index contributed by atoms with van der Waals surface area (Å²) in [6.45, 7) is 6.00. The molecule has 0 radical (unpaired) electrons. The second kappa shape index (κ2) is 9.82. The van der Waals surface area contributed by atoms with Gasteiger partial charge in [0.1, 0.15) is 12.4 Å². The molecule has 0 bridgehead atoms. The quantitative estimate of drug-likeness (QED) is 0.385. The predicted molar refractivity (Wildman–Crippen MR) is 116 cm³/mol. The van der Waals surface area contributed by atoms with E-state index >= 15 is 0 Å². The van der Waals surface area contributed by atoms with E-state index in [1.54, 1.807) is 30.3 Å². The van der Waals surface area contributed by atoms with E-state index in [0.717, 1.165) is 16.7 Å². The van der Waals surface area contributed by atoms with Gasteiger partial charge in [-0.05, 0) is 60.2 Å². The first kappa shape index (κ1) is 21.9. The third kappa shape index (κ3) is 5.04. The van der Waals surface area contributed by atoms with E-state index in [2.05, 4.69) is 6.58 Å². The first-order valence-electron chi connectivity index (χ1n) is 9.12. The third-order valence-corrected chi connectivity index (χ3v) is 5.28. The molecular formula is C22H19ClFNO4S. The van der Waals surface area contributed by atoms with Crippen LogP contribution in [0.2, 0.25) is 5.02 Å². The van der Waals surface area contributed by atoms with Gasteiger partial charge in [-0.15, -0.1) is 6.58 Å². The minimum Gasteiger partial charge on any atom is -0.490 e. The Hall–Kier alpha value is -2.77. The molecule has 2 amide bonds. The van der Waals surface area contributed by atoms with Gasteiger partial charge in [-0.3, -0.25) is 14.5 Å². The maximum absolute atomic E-state index is 13.4. The maximum atomic E-state index is 13.4. The predicted octanol–water partition coefficient (Wildman–Crippen LogP) is 5.68. The molecule has 30 heavy (non-hydrogen) atoms. The lowest BCUT2D eigenvalue weighted by Crippen LogP contribution is -2.27. The van der Waals surface area contributed by atoms with Gasteiger partial charge >= 0.3 is 0 Å². The van der Waals surface area contributed by atoms with Gasteiger partial charge in [0.05, 0.1) is 16.5 Å². The molecule has 1 heterocycles. The van der Waals surface area contributed by atoms with Crippen molar-refractivity contribution >= 4 is 40.6 Å². The molecule has 1 aliphatic rings. The summed E-state index contributed by atoms with van der Waals surface area (Å²) in [6, 6.07) is 9.37. The number of nitrogens with zero attached hydrogens (tertiary/aromatic N) is 1. The van der Waals surface area contributed by atoms with Crippen LogP contribution in [-0.2, 0) is 11.4 Å². The van der Waals surface area contributed by atoms with E-state index in [4.69, 9.17) is 21.1 Å². The molecule has 0 unspecified atom stereocenters. The number of rotatable bonds is 8. The first-order valence-corrected chi connectivity index (χ1v) is 10.3. The number of imide groups is 1. The zero-order chi connectivity index (χ0) is 21.7. The smallest absolute Gasteiger partial charge is 0.293 e. The highest BCUT2D eigenvalue weighted by molar-refractivity contribution is 8.18. The van der Waals surface area contributed by atoms with Crippen molar-refractivity contribution in [1.29, 1.82) is 0 Å². The van der Waals surface area contributed by atoms with Crippen molar-refractivity contribution in [2.75, 3.05) is 13.2 Å². The molecule has 0 N–H and O–H groups in total. The minimum absolute atomic E-state index is 0.108. The van der Waals surface area contributed by atoms with Gasteiger partial charge in [0.15, 0.2) is 11.5 Å². The van der Waals surface area contributed by atoms with Crippen molar-refractivity contribution in [1.82, 2.24) is 4.90 Å². The van der Waals surface area contributed by atoms with Crippen LogP contribution in [0, 0.1) is 5.82 Å². The molecule has 0 spiro atoms. The van der Waals surface area contributed by atoms with Crippen LogP contribution < -0.4 is 9.47 Å². The number of amides is 2. The van der Waals surface area contributed by atoms with Crippen LogP contribution in [0.5, 0.6) is 11.5 Å². The van der Waals surface area contributed by atoms with Gasteiger partial charge in [-0.2, -0.15) is 0 Å². The van der Waals surface area contributed by atoms with Gasteiger partial charge in [-0.25, -0.2) is 4.39 Å². The van der Waals surface area contributed by atoms with Crippen LogP contribution in [0.3, 0.4) is 0 Å². The monoisotopic (exact) mass is 447 g/mol. The van der Waals surface area contributed by atoms with Crippen molar-refractivity contribution in [2.45, 2.75) is 13.5 Å². The number of carbonyl (C=O) groups is 2. The Morgan fingerprint density at radius 1 is 1.23 bits per heavy atom. The maximum Gasteiger partial charge on any atom is 0.293 e. The van der Waals surface area contributed by atoms with Crippen LogP contribution >= 0.6 is 23.4 Å². The number of hydrogen-bond donors (Lipinski definition) is 0. The Morgan fingerprint density at radius 2 is 2.03 bits per heavy atom. The molecular weight excluding hydrogens is 429 g/mol. The zero-order valence-electron chi connectivity index (χ0n) is 16.2. The molecule has 2 aromatic rings. The lowest BCUT2D eigenvalue weighted by atomic mass is 10.1. The van der Waals surface area contributed by atoms with Crippen LogP contribution in [-0.4, -0.2) is 29.2 Å². The highest BCUT2D eigenvalue weighted by Gasteiger charge is 2.34. The summed E-state index contributed by atoms with van der Waals surface area (Å²) in [5, 5.41) is -0.0775. The van der Waals surface area contributed by atoms with Crippen molar-refractivity contribution in [3.05, 3.63) is 75.9 Å². The number of hydrogen-bond acceptors (Lipinski definition) is 5. The van der Waals surface area contributed by atoms with E-state index in [9.17, 15) is 14.0 Å². The highest BCUT2D eigenvalue weighted by Crippen LogP contribution is 2.39. The molecule has 0 aliphatic carbocycles. The van der Waals surface area contributed by atoms with Crippen molar-refractivity contribution in [2.24, 2.45) is 0 Å². The van der Waals surface area contributed by atoms with Gasteiger partial charge in [0.25, 0.3) is 11.1 Å². The Bertz CT molecular complexity index is 1020. The molecule has 0 saturated carbocycles. The van der Waals surface area contributed by atoms with Crippen LogP contribution in [0.4, 0.5) is 9.18 Å². The standard InChI is InChI=1S/C22H19ClFNO4S/c1-3-8-25-21(26)19(30-22(25)27)12-15-10-17(23)20(18(11-15)28-4-2)29-13-14-6-5-7-16(24)9-14/h3,5-7,9-12H,1,4,8,13H2,2H3/b19-12+. The number of halogens is 2. The first-order chi connectivity index (χ1) is 14.4. The van der Waals surface area contributed by atoms with Gasteiger partial charge in [0, 0.05) is 6.54 Å². The summed E-state index contributed by atoms with van der Waals surface area (Å²) < 4.78 is 24.8.